The maximum atomic E-state index is 3.79. The Morgan fingerprint density at radius 2 is 1.88 bits per heavy atom. The van der Waals surface area contributed by atoms with E-state index in [1.165, 1.54) is 5.57 Å². The molecule has 0 fully saturated rings. The summed E-state index contributed by atoms with van der Waals surface area (Å²) in [6, 6.07) is 0. The van der Waals surface area contributed by atoms with E-state index in [0.717, 1.165) is 0 Å². The van der Waals surface area contributed by atoms with Crippen molar-refractivity contribution in [1.29, 1.82) is 0 Å². The molecule has 0 saturated carbocycles. The number of allylic oxidation sites excluding steroid dienone is 1. The molecule has 0 aromatic heterocycles. The molecule has 0 aromatic rings. The average Bonchev–Trinajstić information content (AvgIpc) is 1.35. The SMILES string of the molecule is [CH2-][SiH2]C=C(C)C.[Cl-].[Mg+2]. The molecule has 0 aromatic carbocycles. The Morgan fingerprint density at radius 3 is 1.88 bits per heavy atom. The van der Waals surface area contributed by atoms with E-state index < -0.39 is 0 Å². The maximum Gasteiger partial charge on any atom is 2.00 e. The molecule has 0 aliphatic rings. The van der Waals surface area contributed by atoms with Crippen LogP contribution in [0.25, 0.3) is 0 Å². The fraction of sp³-hybridized carbons (Fsp3) is 0.400. The number of hydrogen-bond donors (Lipinski definition) is 0. The summed E-state index contributed by atoms with van der Waals surface area (Å²) in [5, 5.41) is 0. The van der Waals surface area contributed by atoms with Crippen molar-refractivity contribution >= 4 is 32.6 Å². The van der Waals surface area contributed by atoms with Gasteiger partial charge in [-0.05, 0) is 13.8 Å². The molecular weight excluding hydrogens is 148 g/mol. The van der Waals surface area contributed by atoms with E-state index in [9.17, 15) is 0 Å². The van der Waals surface area contributed by atoms with E-state index >= 15 is 0 Å². The summed E-state index contributed by atoms with van der Waals surface area (Å²) >= 11 is 0. The van der Waals surface area contributed by atoms with E-state index in [4.69, 9.17) is 0 Å². The zero-order chi connectivity index (χ0) is 4.99. The van der Waals surface area contributed by atoms with Crippen LogP contribution in [0.2, 0.25) is 0 Å². The van der Waals surface area contributed by atoms with Crippen LogP contribution in [0.4, 0.5) is 0 Å². The summed E-state index contributed by atoms with van der Waals surface area (Å²) in [7, 11) is -0.0455. The van der Waals surface area contributed by atoms with Crippen LogP contribution in [0.5, 0.6) is 0 Å². The Kier molecular flexibility index (Phi) is 21.8. The first kappa shape index (κ1) is 16.0. The third-order valence-corrected chi connectivity index (χ3v) is 1.66. The molecule has 0 amide bonds. The van der Waals surface area contributed by atoms with E-state index in [1.54, 1.807) is 0 Å². The third-order valence-electron chi connectivity index (χ3n) is 0.553. The summed E-state index contributed by atoms with van der Waals surface area (Å²) in [4.78, 5) is 0. The van der Waals surface area contributed by atoms with Crippen molar-refractivity contribution in [3.8, 4) is 0 Å². The van der Waals surface area contributed by atoms with Gasteiger partial charge in [0.15, 0.2) is 0 Å². The summed E-state index contributed by atoms with van der Waals surface area (Å²) in [6.07, 6.45) is 0. The molecule has 0 aliphatic carbocycles. The Morgan fingerprint density at radius 1 is 1.50 bits per heavy atom. The summed E-state index contributed by atoms with van der Waals surface area (Å²) in [6.45, 7) is 8.01. The monoisotopic (exact) mass is 158 g/mol. The van der Waals surface area contributed by atoms with Crippen molar-refractivity contribution in [2.24, 2.45) is 0 Å². The second kappa shape index (κ2) is 10.9. The number of halogens is 1. The summed E-state index contributed by atoms with van der Waals surface area (Å²) in [5.41, 5.74) is 3.65. The van der Waals surface area contributed by atoms with Crippen LogP contribution in [0.3, 0.4) is 0 Å². The first-order valence-electron chi connectivity index (χ1n) is 2.20. The van der Waals surface area contributed by atoms with Crippen LogP contribution in [-0.2, 0) is 0 Å². The van der Waals surface area contributed by atoms with Gasteiger partial charge in [-0.25, -0.2) is 0 Å². The van der Waals surface area contributed by atoms with Crippen LogP contribution in [0.15, 0.2) is 11.3 Å². The Bertz CT molecular complexity index is 59.4. The van der Waals surface area contributed by atoms with E-state index in [1.807, 2.05) is 0 Å². The molecule has 44 valence electrons. The quantitative estimate of drug-likeness (QED) is 0.293. The van der Waals surface area contributed by atoms with Crippen LogP contribution >= 0.6 is 0 Å². The van der Waals surface area contributed by atoms with E-state index in [-0.39, 0.29) is 45.0 Å². The van der Waals surface area contributed by atoms with Crippen LogP contribution in [-0.4, -0.2) is 32.6 Å². The largest absolute Gasteiger partial charge is 2.00 e. The predicted molar refractivity (Wildman–Crippen MR) is 39.1 cm³/mol. The Labute approximate surface area is 76.5 Å². The van der Waals surface area contributed by atoms with Gasteiger partial charge in [0.05, 0.1) is 0 Å². The predicted octanol–water partition coefficient (Wildman–Crippen LogP) is -2.51. The second-order valence-electron chi connectivity index (χ2n) is 1.57. The number of rotatable bonds is 1. The van der Waals surface area contributed by atoms with Gasteiger partial charge in [-0.15, -0.1) is 15.2 Å². The molecule has 0 aliphatic heterocycles. The standard InChI is InChI=1S/C5H11Si.ClH.Mg/c1-5(2)4-6-3;;/h4H,3,6H2,1-2H3;1H;/q-1;;+2/p-1. The molecule has 8 heavy (non-hydrogen) atoms. The van der Waals surface area contributed by atoms with Gasteiger partial charge in [0.1, 0.15) is 0 Å². The third kappa shape index (κ3) is 15.7. The van der Waals surface area contributed by atoms with Crippen LogP contribution in [0.1, 0.15) is 13.8 Å². The molecule has 0 nitrogen and oxygen atoms in total. The van der Waals surface area contributed by atoms with Gasteiger partial charge in [0, 0.05) is 0 Å². The molecule has 0 N–H and O–H groups in total. The summed E-state index contributed by atoms with van der Waals surface area (Å²) in [5.74, 6) is 0. The molecule has 3 heteroatoms. The first-order chi connectivity index (χ1) is 2.77. The average molecular weight is 159 g/mol. The van der Waals surface area contributed by atoms with Gasteiger partial charge in [-0.2, -0.15) is 0 Å². The molecular formula is C5H11ClMgSi. The normalized spacial score (nSPS) is 7.38. The zero-order valence-electron chi connectivity index (χ0n) is 5.58. The van der Waals surface area contributed by atoms with Gasteiger partial charge < -0.3 is 19.0 Å². The summed E-state index contributed by atoms with van der Waals surface area (Å²) < 4.78 is 0. The topological polar surface area (TPSA) is 0 Å². The minimum absolute atomic E-state index is 0. The van der Waals surface area contributed by atoms with Crippen molar-refractivity contribution in [2.45, 2.75) is 13.8 Å². The van der Waals surface area contributed by atoms with E-state index in [2.05, 4.69) is 26.1 Å². The molecule has 0 unspecified atom stereocenters. The van der Waals surface area contributed by atoms with Crippen molar-refractivity contribution in [1.82, 2.24) is 0 Å². The molecule has 0 spiro atoms. The van der Waals surface area contributed by atoms with Crippen molar-refractivity contribution < 1.29 is 12.4 Å². The Balaban J connectivity index is -0.000000125. The molecule has 0 radical (unpaired) electrons. The van der Waals surface area contributed by atoms with Gasteiger partial charge in [0.2, 0.25) is 0 Å². The second-order valence-corrected chi connectivity index (χ2v) is 2.56. The zero-order valence-corrected chi connectivity index (χ0v) is 9.16. The van der Waals surface area contributed by atoms with Crippen molar-refractivity contribution in [2.75, 3.05) is 0 Å². The minimum atomic E-state index is -0.0455. The molecule has 0 saturated heterocycles. The minimum Gasteiger partial charge on any atom is -1.00 e. The Hall–Kier alpha value is 1.01. The van der Waals surface area contributed by atoms with Gasteiger partial charge in [-0.1, -0.05) is 5.57 Å². The van der Waals surface area contributed by atoms with Crippen molar-refractivity contribution in [3.05, 3.63) is 17.8 Å². The first-order valence-corrected chi connectivity index (χ1v) is 4.01. The van der Waals surface area contributed by atoms with Crippen LogP contribution < -0.4 is 12.4 Å². The van der Waals surface area contributed by atoms with Gasteiger partial charge >= 0.3 is 23.1 Å². The molecule has 0 atom stereocenters. The van der Waals surface area contributed by atoms with Gasteiger partial charge in [0.25, 0.3) is 0 Å². The van der Waals surface area contributed by atoms with Crippen molar-refractivity contribution in [3.63, 3.8) is 0 Å². The number of hydrogen-bond acceptors (Lipinski definition) is 0. The van der Waals surface area contributed by atoms with Crippen LogP contribution in [0, 0.1) is 6.55 Å². The molecule has 0 rings (SSSR count). The maximum absolute atomic E-state index is 3.79. The molecule has 0 bridgehead atoms. The fourth-order valence-electron chi connectivity index (χ4n) is 0.289. The fourth-order valence-corrected chi connectivity index (χ4v) is 0.866. The van der Waals surface area contributed by atoms with E-state index in [0.29, 0.717) is 0 Å². The van der Waals surface area contributed by atoms with Gasteiger partial charge in [-0.3, -0.25) is 0 Å². The molecule has 0 heterocycles. The smallest absolute Gasteiger partial charge is 1.00 e.